The van der Waals surface area contributed by atoms with Crippen LogP contribution in [-0.2, 0) is 5.41 Å². The molecule has 0 atom stereocenters. The fraction of sp³-hybridized carbons (Fsp3) is 0.0769. The van der Waals surface area contributed by atoms with E-state index in [1.807, 2.05) is 72.8 Å². The largest absolute Gasteiger partial charge is 0.465 e. The van der Waals surface area contributed by atoms with Gasteiger partial charge in [0.2, 0.25) is 0 Å². The summed E-state index contributed by atoms with van der Waals surface area (Å²) in [5.41, 5.74) is 2.17. The van der Waals surface area contributed by atoms with Gasteiger partial charge in [0.25, 0.3) is 0 Å². The first kappa shape index (κ1) is 20.0. The van der Waals surface area contributed by atoms with Crippen LogP contribution in [0.25, 0.3) is 0 Å². The van der Waals surface area contributed by atoms with Gasteiger partial charge in [-0.05, 0) is 25.1 Å². The van der Waals surface area contributed by atoms with Crippen LogP contribution in [0.4, 0.5) is 0 Å². The molecule has 0 spiro atoms. The summed E-state index contributed by atoms with van der Waals surface area (Å²) in [5, 5.41) is 0. The topological polar surface area (TPSA) is 27.7 Å². The summed E-state index contributed by atoms with van der Waals surface area (Å²) in [6.07, 6.45) is 4.28. The Morgan fingerprint density at radius 2 is 0.828 bits per heavy atom. The van der Waals surface area contributed by atoms with Crippen LogP contribution >= 0.6 is 0 Å². The van der Waals surface area contributed by atoms with E-state index < -0.39 is 5.41 Å². The Balaban J connectivity index is 2.40. The first-order valence-electron chi connectivity index (χ1n) is 9.28. The maximum absolute atomic E-state index is 5.77. The van der Waals surface area contributed by atoms with Crippen LogP contribution in [-0.4, -0.2) is 0 Å². The van der Waals surface area contributed by atoms with Crippen LogP contribution < -0.4 is 14.2 Å². The van der Waals surface area contributed by atoms with Crippen LogP contribution in [0.2, 0.25) is 0 Å². The van der Waals surface area contributed by atoms with Crippen LogP contribution in [0, 0.1) is 0 Å². The van der Waals surface area contributed by atoms with E-state index in [1.165, 1.54) is 18.8 Å². The fourth-order valence-electron chi connectivity index (χ4n) is 3.65. The van der Waals surface area contributed by atoms with E-state index in [0.717, 1.165) is 16.7 Å². The third-order valence-corrected chi connectivity index (χ3v) is 4.91. The lowest BCUT2D eigenvalue weighted by atomic mass is 9.70. The van der Waals surface area contributed by atoms with Crippen molar-refractivity contribution in [2.24, 2.45) is 0 Å². The average Bonchev–Trinajstić information content (AvgIpc) is 2.75. The first-order valence-corrected chi connectivity index (χ1v) is 9.28. The van der Waals surface area contributed by atoms with Gasteiger partial charge in [-0.3, -0.25) is 0 Å². The highest BCUT2D eigenvalue weighted by Gasteiger charge is 2.38. The summed E-state index contributed by atoms with van der Waals surface area (Å²) < 4.78 is 17.3. The van der Waals surface area contributed by atoms with Crippen molar-refractivity contribution in [1.29, 1.82) is 0 Å². The van der Waals surface area contributed by atoms with Gasteiger partial charge in [-0.15, -0.1) is 0 Å². The molecule has 0 N–H and O–H groups in total. The molecular weight excluding hydrogens is 360 g/mol. The van der Waals surface area contributed by atoms with E-state index in [4.69, 9.17) is 14.2 Å². The lowest BCUT2D eigenvalue weighted by Gasteiger charge is -2.34. The molecule has 3 aromatic rings. The Kier molecular flexibility index (Phi) is 6.20. The van der Waals surface area contributed by atoms with Crippen molar-refractivity contribution in [3.63, 3.8) is 0 Å². The lowest BCUT2D eigenvalue weighted by Crippen LogP contribution is -2.27. The van der Waals surface area contributed by atoms with Gasteiger partial charge >= 0.3 is 0 Å². The molecule has 0 radical (unpaired) electrons. The predicted octanol–water partition coefficient (Wildman–Crippen LogP) is 6.61. The molecule has 0 fully saturated rings. The second-order valence-electron chi connectivity index (χ2n) is 6.47. The third kappa shape index (κ3) is 3.81. The molecule has 0 unspecified atom stereocenters. The van der Waals surface area contributed by atoms with E-state index in [9.17, 15) is 0 Å². The molecule has 0 bridgehead atoms. The summed E-state index contributed by atoms with van der Waals surface area (Å²) in [6, 6.07) is 23.6. The van der Waals surface area contributed by atoms with Crippen molar-refractivity contribution < 1.29 is 14.2 Å². The summed E-state index contributed by atoms with van der Waals surface area (Å²) in [4.78, 5) is 0. The molecule has 0 heterocycles. The Morgan fingerprint density at radius 3 is 1.10 bits per heavy atom. The molecule has 0 aromatic heterocycles. The minimum atomic E-state index is -0.668. The first-order chi connectivity index (χ1) is 14.2. The van der Waals surface area contributed by atoms with Gasteiger partial charge < -0.3 is 14.2 Å². The molecule has 0 aliphatic heterocycles. The van der Waals surface area contributed by atoms with E-state index >= 15 is 0 Å². The maximum atomic E-state index is 5.77. The smallest absolute Gasteiger partial charge is 0.130 e. The van der Waals surface area contributed by atoms with Crippen molar-refractivity contribution in [2.45, 2.75) is 12.3 Å². The molecule has 29 heavy (non-hydrogen) atoms. The van der Waals surface area contributed by atoms with Crippen LogP contribution in [0.15, 0.2) is 111 Å². The standard InChI is InChI=1S/C26H24O3/c1-5-27-23-17-11-8-14-20(23)26(4,21-15-9-12-18-24(21)28-6-2)22-16-10-13-19-25(22)29-7-3/h5-19H,1-3H2,4H3. The molecule has 3 aromatic carbocycles. The van der Waals surface area contributed by atoms with Crippen molar-refractivity contribution in [3.8, 4) is 17.2 Å². The van der Waals surface area contributed by atoms with Crippen molar-refractivity contribution in [1.82, 2.24) is 0 Å². The van der Waals surface area contributed by atoms with Crippen LogP contribution in [0.3, 0.4) is 0 Å². The van der Waals surface area contributed by atoms with Gasteiger partial charge in [0, 0.05) is 16.7 Å². The van der Waals surface area contributed by atoms with Crippen molar-refractivity contribution in [2.75, 3.05) is 0 Å². The van der Waals surface area contributed by atoms with E-state index in [2.05, 4.69) is 26.7 Å². The molecule has 3 rings (SSSR count). The molecule has 146 valence electrons. The predicted molar refractivity (Wildman–Crippen MR) is 117 cm³/mol. The molecule has 3 nitrogen and oxygen atoms in total. The van der Waals surface area contributed by atoms with E-state index in [1.54, 1.807) is 0 Å². The zero-order chi connectivity index (χ0) is 20.7. The van der Waals surface area contributed by atoms with Gasteiger partial charge in [0.05, 0.1) is 24.2 Å². The van der Waals surface area contributed by atoms with Crippen molar-refractivity contribution in [3.05, 3.63) is 128 Å². The molecular formula is C26H24O3. The number of benzene rings is 3. The van der Waals surface area contributed by atoms with Crippen molar-refractivity contribution >= 4 is 0 Å². The van der Waals surface area contributed by atoms with E-state index in [0.29, 0.717) is 17.2 Å². The zero-order valence-corrected chi connectivity index (χ0v) is 16.5. The van der Waals surface area contributed by atoms with Gasteiger partial charge in [0.1, 0.15) is 17.2 Å². The Morgan fingerprint density at radius 1 is 0.552 bits per heavy atom. The zero-order valence-electron chi connectivity index (χ0n) is 16.5. The molecule has 0 saturated carbocycles. The number of rotatable bonds is 9. The fourth-order valence-corrected chi connectivity index (χ4v) is 3.65. The van der Waals surface area contributed by atoms with Crippen LogP contribution in [0.1, 0.15) is 23.6 Å². The van der Waals surface area contributed by atoms with E-state index in [-0.39, 0.29) is 0 Å². The number of hydrogen-bond acceptors (Lipinski definition) is 3. The minimum Gasteiger partial charge on any atom is -0.465 e. The second kappa shape index (κ2) is 8.98. The number of hydrogen-bond donors (Lipinski definition) is 0. The second-order valence-corrected chi connectivity index (χ2v) is 6.47. The summed E-state index contributed by atoms with van der Waals surface area (Å²) in [6.45, 7) is 13.3. The highest BCUT2D eigenvalue weighted by atomic mass is 16.5. The monoisotopic (exact) mass is 384 g/mol. The summed E-state index contributed by atoms with van der Waals surface area (Å²) in [7, 11) is 0. The van der Waals surface area contributed by atoms with Gasteiger partial charge in [-0.25, -0.2) is 0 Å². The highest BCUT2D eigenvalue weighted by Crippen LogP contribution is 2.49. The Hall–Kier alpha value is -3.72. The third-order valence-electron chi connectivity index (χ3n) is 4.91. The molecule has 0 saturated heterocycles. The average molecular weight is 384 g/mol. The minimum absolute atomic E-state index is 0.668. The summed E-state index contributed by atoms with van der Waals surface area (Å²) in [5.74, 6) is 2.10. The molecule has 0 aliphatic carbocycles. The Labute approximate surface area is 172 Å². The van der Waals surface area contributed by atoms with Gasteiger partial charge in [-0.2, -0.15) is 0 Å². The molecule has 0 aliphatic rings. The maximum Gasteiger partial charge on any atom is 0.130 e. The molecule has 0 amide bonds. The highest BCUT2D eigenvalue weighted by molar-refractivity contribution is 5.61. The normalized spacial score (nSPS) is 10.7. The quantitative estimate of drug-likeness (QED) is 0.307. The van der Waals surface area contributed by atoms with Gasteiger partial charge in [0.15, 0.2) is 0 Å². The summed E-state index contributed by atoms with van der Waals surface area (Å²) >= 11 is 0. The SMILES string of the molecule is C=COc1ccccc1C(C)(c1ccccc1OC=C)c1ccccc1OC=C. The lowest BCUT2D eigenvalue weighted by molar-refractivity contribution is 0.439. The molecule has 3 heteroatoms. The number of para-hydroxylation sites is 3. The van der Waals surface area contributed by atoms with Crippen LogP contribution in [0.5, 0.6) is 17.2 Å². The Bertz CT molecular complexity index is 890. The van der Waals surface area contributed by atoms with Gasteiger partial charge in [-0.1, -0.05) is 74.3 Å². The number of ether oxygens (including phenoxy) is 3.